The van der Waals surface area contributed by atoms with Crippen molar-refractivity contribution in [3.8, 4) is 5.75 Å². The van der Waals surface area contributed by atoms with E-state index in [0.29, 0.717) is 16.8 Å². The van der Waals surface area contributed by atoms with Crippen LogP contribution in [0.2, 0.25) is 5.02 Å². The molecule has 0 heterocycles. The van der Waals surface area contributed by atoms with Crippen LogP contribution in [0.1, 0.15) is 15.9 Å². The van der Waals surface area contributed by atoms with Gasteiger partial charge in [-0.25, -0.2) is 0 Å². The first kappa shape index (κ1) is 14.2. The summed E-state index contributed by atoms with van der Waals surface area (Å²) in [6.45, 7) is 0.288. The van der Waals surface area contributed by atoms with E-state index in [2.05, 4.69) is 0 Å². The molecular weight excluding hydrogens is 276 g/mol. The number of hydrogen-bond donors (Lipinski definition) is 2. The summed E-state index contributed by atoms with van der Waals surface area (Å²) in [5.74, 6) is -0.0867. The lowest BCUT2D eigenvalue weighted by Gasteiger charge is -2.19. The molecule has 0 fully saturated rings. The van der Waals surface area contributed by atoms with Gasteiger partial charge < -0.3 is 15.7 Å². The van der Waals surface area contributed by atoms with E-state index in [1.54, 1.807) is 49.5 Å². The van der Waals surface area contributed by atoms with Crippen LogP contribution in [0.25, 0.3) is 0 Å². The van der Waals surface area contributed by atoms with E-state index in [9.17, 15) is 9.90 Å². The average Bonchev–Trinajstić information content (AvgIpc) is 2.43. The lowest BCUT2D eigenvalue weighted by Crippen LogP contribution is -2.26. The van der Waals surface area contributed by atoms with Crippen molar-refractivity contribution in [1.82, 2.24) is 4.90 Å². The van der Waals surface area contributed by atoms with Gasteiger partial charge in [0.25, 0.3) is 5.91 Å². The fourth-order valence-corrected chi connectivity index (χ4v) is 2.10. The Kier molecular flexibility index (Phi) is 4.15. The SMILES string of the molecule is CN(Cc1ccccc1O)C(=O)c1cccc(N)c1Cl. The molecule has 0 aliphatic rings. The number of amides is 1. The number of phenolic OH excluding ortho intramolecular Hbond substituents is 1. The minimum atomic E-state index is -0.245. The first-order valence-corrected chi connectivity index (χ1v) is 6.45. The third-order valence-electron chi connectivity index (χ3n) is 3.00. The van der Waals surface area contributed by atoms with E-state index in [1.165, 1.54) is 4.90 Å². The number of nitrogens with two attached hydrogens (primary N) is 1. The van der Waals surface area contributed by atoms with Crippen LogP contribution in [0.5, 0.6) is 5.75 Å². The van der Waals surface area contributed by atoms with E-state index in [4.69, 9.17) is 17.3 Å². The van der Waals surface area contributed by atoms with Gasteiger partial charge in [-0.3, -0.25) is 4.79 Å². The first-order valence-electron chi connectivity index (χ1n) is 6.07. The van der Waals surface area contributed by atoms with E-state index in [1.807, 2.05) is 0 Å². The molecule has 0 radical (unpaired) electrons. The predicted molar refractivity (Wildman–Crippen MR) is 79.8 cm³/mol. The van der Waals surface area contributed by atoms with Gasteiger partial charge in [-0.15, -0.1) is 0 Å². The number of aromatic hydroxyl groups is 1. The van der Waals surface area contributed by atoms with Crippen LogP contribution in [-0.2, 0) is 6.54 Å². The van der Waals surface area contributed by atoms with Crippen molar-refractivity contribution in [2.75, 3.05) is 12.8 Å². The Hall–Kier alpha value is -2.20. The lowest BCUT2D eigenvalue weighted by molar-refractivity contribution is 0.0784. The Morgan fingerprint density at radius 1 is 1.25 bits per heavy atom. The van der Waals surface area contributed by atoms with E-state index in [0.717, 1.165) is 0 Å². The number of nitrogens with zero attached hydrogens (tertiary/aromatic N) is 1. The number of phenols is 1. The highest BCUT2D eigenvalue weighted by molar-refractivity contribution is 6.36. The van der Waals surface area contributed by atoms with Crippen molar-refractivity contribution in [3.63, 3.8) is 0 Å². The molecule has 0 saturated heterocycles. The fraction of sp³-hybridized carbons (Fsp3) is 0.133. The Morgan fingerprint density at radius 2 is 1.95 bits per heavy atom. The van der Waals surface area contributed by atoms with Gasteiger partial charge in [0.05, 0.1) is 16.3 Å². The Bertz CT molecular complexity index is 644. The largest absolute Gasteiger partial charge is 0.508 e. The zero-order valence-electron chi connectivity index (χ0n) is 11.0. The van der Waals surface area contributed by atoms with Gasteiger partial charge in [0.2, 0.25) is 0 Å². The van der Waals surface area contributed by atoms with Crippen LogP contribution in [0.3, 0.4) is 0 Å². The molecule has 2 aromatic rings. The van der Waals surface area contributed by atoms with Gasteiger partial charge >= 0.3 is 0 Å². The second-order valence-electron chi connectivity index (χ2n) is 4.50. The van der Waals surface area contributed by atoms with Crippen molar-refractivity contribution in [3.05, 3.63) is 58.6 Å². The molecule has 2 aromatic carbocycles. The molecule has 3 N–H and O–H groups in total. The number of hydrogen-bond acceptors (Lipinski definition) is 3. The van der Waals surface area contributed by atoms with Crippen LogP contribution in [-0.4, -0.2) is 23.0 Å². The van der Waals surface area contributed by atoms with Gasteiger partial charge in [-0.2, -0.15) is 0 Å². The monoisotopic (exact) mass is 290 g/mol. The van der Waals surface area contributed by atoms with Gasteiger partial charge in [-0.05, 0) is 18.2 Å². The summed E-state index contributed by atoms with van der Waals surface area (Å²) in [4.78, 5) is 13.8. The molecule has 0 saturated carbocycles. The summed E-state index contributed by atoms with van der Waals surface area (Å²) in [6.07, 6.45) is 0. The van der Waals surface area contributed by atoms with Crippen molar-refractivity contribution in [2.24, 2.45) is 0 Å². The van der Waals surface area contributed by atoms with Crippen LogP contribution < -0.4 is 5.73 Å². The number of rotatable bonds is 3. The van der Waals surface area contributed by atoms with Crippen molar-refractivity contribution in [1.29, 1.82) is 0 Å². The highest BCUT2D eigenvalue weighted by Gasteiger charge is 2.17. The van der Waals surface area contributed by atoms with E-state index in [-0.39, 0.29) is 23.2 Å². The third kappa shape index (κ3) is 2.86. The molecule has 1 amide bonds. The molecule has 20 heavy (non-hydrogen) atoms. The summed E-state index contributed by atoms with van der Waals surface area (Å²) in [5, 5.41) is 9.98. The molecular formula is C15H15ClN2O2. The summed E-state index contributed by atoms with van der Waals surface area (Å²) in [7, 11) is 1.65. The number of carbonyl (C=O) groups is 1. The molecule has 0 atom stereocenters. The number of benzene rings is 2. The third-order valence-corrected chi connectivity index (χ3v) is 3.43. The maximum Gasteiger partial charge on any atom is 0.255 e. The molecule has 4 nitrogen and oxygen atoms in total. The van der Waals surface area contributed by atoms with Crippen LogP contribution in [0.4, 0.5) is 5.69 Å². The zero-order valence-corrected chi connectivity index (χ0v) is 11.8. The number of para-hydroxylation sites is 1. The highest BCUT2D eigenvalue weighted by atomic mass is 35.5. The molecule has 0 aromatic heterocycles. The van der Waals surface area contributed by atoms with Crippen LogP contribution in [0, 0.1) is 0 Å². The minimum absolute atomic E-state index is 0.158. The first-order chi connectivity index (χ1) is 9.50. The summed E-state index contributed by atoms with van der Waals surface area (Å²) >= 11 is 6.04. The Labute approximate surface area is 122 Å². The van der Waals surface area contributed by atoms with Gasteiger partial charge in [-0.1, -0.05) is 35.9 Å². The van der Waals surface area contributed by atoms with E-state index >= 15 is 0 Å². The standard InChI is InChI=1S/C15H15ClN2O2/c1-18(9-10-5-2-3-8-13(10)19)15(20)11-6-4-7-12(17)14(11)16/h2-8,19H,9,17H2,1H3. The molecule has 0 bridgehead atoms. The number of nitrogen functional groups attached to an aromatic ring is 1. The number of anilines is 1. The normalized spacial score (nSPS) is 10.3. The second-order valence-corrected chi connectivity index (χ2v) is 4.88. The van der Waals surface area contributed by atoms with Crippen LogP contribution in [0.15, 0.2) is 42.5 Å². The molecule has 0 spiro atoms. The molecule has 0 unspecified atom stereocenters. The predicted octanol–water partition coefficient (Wildman–Crippen LogP) is 2.90. The molecule has 2 rings (SSSR count). The van der Waals surface area contributed by atoms with Crippen LogP contribution >= 0.6 is 11.6 Å². The molecule has 0 aliphatic carbocycles. The summed E-state index contributed by atoms with van der Waals surface area (Å²) < 4.78 is 0. The summed E-state index contributed by atoms with van der Waals surface area (Å²) in [5.41, 5.74) is 7.08. The van der Waals surface area contributed by atoms with Gasteiger partial charge in [0.1, 0.15) is 5.75 Å². The van der Waals surface area contributed by atoms with E-state index < -0.39 is 0 Å². The average molecular weight is 291 g/mol. The lowest BCUT2D eigenvalue weighted by atomic mass is 10.1. The smallest absolute Gasteiger partial charge is 0.255 e. The Balaban J connectivity index is 2.21. The van der Waals surface area contributed by atoms with Crippen molar-refractivity contribution >= 4 is 23.2 Å². The molecule has 0 aliphatic heterocycles. The number of carbonyl (C=O) groups excluding carboxylic acids is 1. The Morgan fingerprint density at radius 3 is 2.65 bits per heavy atom. The maximum atomic E-state index is 12.3. The quantitative estimate of drug-likeness (QED) is 0.854. The van der Waals surface area contributed by atoms with Gasteiger partial charge in [0, 0.05) is 19.2 Å². The maximum absolute atomic E-state index is 12.3. The van der Waals surface area contributed by atoms with Gasteiger partial charge in [0.15, 0.2) is 0 Å². The highest BCUT2D eigenvalue weighted by Crippen LogP contribution is 2.25. The zero-order chi connectivity index (χ0) is 14.7. The number of halogens is 1. The van der Waals surface area contributed by atoms with Crippen molar-refractivity contribution < 1.29 is 9.90 Å². The second kappa shape index (κ2) is 5.84. The molecule has 104 valence electrons. The minimum Gasteiger partial charge on any atom is -0.508 e. The topological polar surface area (TPSA) is 66.6 Å². The fourth-order valence-electron chi connectivity index (χ4n) is 1.89. The summed E-state index contributed by atoms with van der Waals surface area (Å²) in [6, 6.07) is 11.8. The molecule has 5 heteroatoms. The van der Waals surface area contributed by atoms with Crippen molar-refractivity contribution in [2.45, 2.75) is 6.54 Å².